The van der Waals surface area contributed by atoms with Gasteiger partial charge < -0.3 is 108 Å². The Morgan fingerprint density at radius 2 is 1.52 bits per heavy atom. The Morgan fingerprint density at radius 3 is 2.20 bits per heavy atom. The van der Waals surface area contributed by atoms with Crippen molar-refractivity contribution in [1.82, 2.24) is 52.4 Å². The van der Waals surface area contributed by atoms with Crippen molar-refractivity contribution in [1.29, 1.82) is 0 Å². The molecule has 4 aliphatic heterocycles. The number of hydrogen-bond donors (Lipinski definition) is 15. The highest BCUT2D eigenvalue weighted by molar-refractivity contribution is 8.77. The number of fused-ring (bicyclic) bond motifs is 6. The maximum Gasteiger partial charge on any atom is 0.409 e. The number of aromatic hydroxyl groups is 1. The van der Waals surface area contributed by atoms with E-state index in [0.29, 0.717) is 46.0 Å². The molecule has 34 nitrogen and oxygen atoms in total. The molecule has 5 heterocycles. The summed E-state index contributed by atoms with van der Waals surface area (Å²) in [4.78, 5) is 179. The number of unbranched alkanes of at least 4 members (excludes halogenated alkanes) is 1. The van der Waals surface area contributed by atoms with Gasteiger partial charge in [0.15, 0.2) is 5.72 Å². The third-order valence-electron chi connectivity index (χ3n) is 21.7. The van der Waals surface area contributed by atoms with Crippen LogP contribution in [0.3, 0.4) is 0 Å². The number of aliphatic hydroxyl groups is 2. The number of nitrogens with one attached hydrogen (secondary N) is 9. The largest absolute Gasteiger partial charge is 0.508 e. The van der Waals surface area contributed by atoms with Gasteiger partial charge in [-0.3, -0.25) is 53.3 Å². The number of amides is 11. The minimum Gasteiger partial charge on any atom is -0.508 e. The van der Waals surface area contributed by atoms with Crippen molar-refractivity contribution < 1.29 is 96.5 Å². The molecule has 9 rings (SSSR count). The first-order chi connectivity index (χ1) is 58.0. The second-order valence-corrected chi connectivity index (χ2v) is 36.4. The fraction of sp³-hybridized carbons (Fsp3) is 0.494. The van der Waals surface area contributed by atoms with E-state index in [1.807, 2.05) is 19.1 Å². The van der Waals surface area contributed by atoms with Gasteiger partial charge >= 0.3 is 12.1 Å². The molecule has 122 heavy (non-hydrogen) atoms. The van der Waals surface area contributed by atoms with Gasteiger partial charge in [-0.1, -0.05) is 146 Å². The number of rotatable bonds is 27. The van der Waals surface area contributed by atoms with Gasteiger partial charge in [-0.25, -0.2) is 9.59 Å². The van der Waals surface area contributed by atoms with E-state index in [4.69, 9.17) is 52.5 Å². The number of esters is 1. The summed E-state index contributed by atoms with van der Waals surface area (Å²) in [6, 6.07) is 12.0. The van der Waals surface area contributed by atoms with E-state index in [2.05, 4.69) is 47.5 Å². The molecule has 39 heteroatoms. The Labute approximate surface area is 727 Å². The van der Waals surface area contributed by atoms with Gasteiger partial charge in [-0.05, 0) is 119 Å². The molecule has 0 saturated carbocycles. The Morgan fingerprint density at radius 1 is 0.844 bits per heavy atom. The lowest BCUT2D eigenvalue weighted by molar-refractivity contribution is -0.162. The third kappa shape index (κ3) is 26.0. The Bertz CT molecular complexity index is 4630. The molecule has 4 bridgehead atoms. The number of aliphatic hydroxyl groups excluding tert-OH is 1. The van der Waals surface area contributed by atoms with Crippen LogP contribution in [0, 0.1) is 5.92 Å². The molecule has 4 aromatic carbocycles. The number of H-pyrrole nitrogens is 1. The number of aromatic nitrogens is 1. The third-order valence-corrected chi connectivity index (χ3v) is 27.0. The van der Waals surface area contributed by atoms with Crippen molar-refractivity contribution >= 4 is 143 Å². The number of primary amides is 1. The lowest BCUT2D eigenvalue weighted by Crippen LogP contribution is -2.63. The first kappa shape index (κ1) is 96.2. The van der Waals surface area contributed by atoms with Crippen LogP contribution in [0.1, 0.15) is 95.4 Å². The number of alkyl carbamates (subject to hydrolysis) is 1. The van der Waals surface area contributed by atoms with Crippen LogP contribution < -0.4 is 69.4 Å². The van der Waals surface area contributed by atoms with Crippen LogP contribution in [-0.2, 0) is 97.4 Å². The molecule has 0 radical (unpaired) electrons. The zero-order valence-corrected chi connectivity index (χ0v) is 73.2. The summed E-state index contributed by atoms with van der Waals surface area (Å²) in [5.74, 6) is -10.8. The van der Waals surface area contributed by atoms with Crippen molar-refractivity contribution in [2.75, 3.05) is 62.8 Å². The second kappa shape index (κ2) is 44.6. The highest BCUT2D eigenvalue weighted by Crippen LogP contribution is 2.49. The fourth-order valence-corrected chi connectivity index (χ4v) is 19.1. The smallest absolute Gasteiger partial charge is 0.409 e. The summed E-state index contributed by atoms with van der Waals surface area (Å²) < 4.78 is 29.7. The number of carbonyl (C=O) groups is 12. The fourth-order valence-electron chi connectivity index (χ4n) is 14.3. The maximum atomic E-state index is 15.1. The molecule has 3 saturated heterocycles. The number of phenols is 1. The SMILES string of the molecule is COc1cc2cc(c1Cl)N(C)C(=O)C[C@H](OC(=O)[C@H](C)N(C)C(=O)CCSSC[C@H](NC(=O)[C@@H]1CSSC[C@H](NC(=O)[C@H](N)Cc3ccccc3)C(=O)N[C@@H](Cc3ccc(O)cc3)C(=O)N[C@H](Cc3c[nH]c4ccccc34)C(=O)N[C@@H](CCCCN)C(=O)N[C@@H]([C@@H](C)O)C(=O)N1)C(N)=O)[C@]1(C)O[C@H]1[C@H](C)[C@@H]1C[C@@](O)(NC(=O)O1)[C@H](OC)/C=C\C=C(\C)C2. The van der Waals surface area contributed by atoms with Crippen LogP contribution in [0.5, 0.6) is 11.5 Å². The summed E-state index contributed by atoms with van der Waals surface area (Å²) in [6.07, 6.45) is -0.267. The first-order valence-electron chi connectivity index (χ1n) is 39.8. The number of para-hydroxylation sites is 1. The van der Waals surface area contributed by atoms with E-state index < -0.39 is 180 Å². The molecule has 0 spiro atoms. The average molecular weight is 1790 g/mol. The van der Waals surface area contributed by atoms with Crippen LogP contribution >= 0.6 is 54.8 Å². The number of nitrogens with two attached hydrogens (primary N) is 3. The lowest BCUT2D eigenvalue weighted by Gasteiger charge is -2.42. The van der Waals surface area contributed by atoms with Gasteiger partial charge in [-0.2, -0.15) is 0 Å². The van der Waals surface area contributed by atoms with Gasteiger partial charge in [0.05, 0.1) is 37.5 Å². The Kier molecular flexibility index (Phi) is 35.2. The van der Waals surface area contributed by atoms with E-state index in [9.17, 15) is 63.3 Å². The summed E-state index contributed by atoms with van der Waals surface area (Å²) in [5, 5.41) is 55.7. The van der Waals surface area contributed by atoms with E-state index in [1.54, 1.807) is 92.9 Å². The molecule has 18 N–H and O–H groups in total. The number of allylic oxidation sites excluding steroid dienone is 3. The molecular formula is C83H109ClN14O20S4. The number of anilines is 1. The number of ether oxygens (including phenoxy) is 5. The number of epoxide rings is 1. The zero-order chi connectivity index (χ0) is 88.9. The van der Waals surface area contributed by atoms with Crippen molar-refractivity contribution in [3.8, 4) is 11.5 Å². The number of benzene rings is 4. The number of likely N-dealkylation sites (N-methyl/N-ethyl adjacent to an activating group) is 1. The minimum atomic E-state index is -1.95. The van der Waals surface area contributed by atoms with Crippen LogP contribution in [-0.4, -0.2) is 250 Å². The maximum absolute atomic E-state index is 15.1. The summed E-state index contributed by atoms with van der Waals surface area (Å²) in [5.41, 5.74) is 19.2. The topological polar surface area (TPSA) is 512 Å². The Balaban J connectivity index is 0.910. The standard InChI is InChI=1S/C83H109ClN14O20S4/c1-44-18-17-24-65(115-9)83(113)39-64(116-81(112)96-83)45(2)71-82(5,118-71)66(38-68(102)98(7)62-35-50(32-44)36-63(114-8)69(62)84)117-80(111)46(3)97(6)67(101)29-31-119-120-41-59(72(87)103)92-78(109)61-43-122-121-42-60(93-73(104)54(86)33-48-19-11-10-12-20-48)77(108)90-57(34-49-25-27-52(100)28-26-49)75(106)91-58(37-51-40-88-55-22-14-13-21-53(51)55)76(107)89-56(23-15-16-30-85)74(105)95-70(47(4)99)79(110)94-61/h10-14,17-22,24-28,35-36,40,45-47,54,56-61,64-66,70-71,88,99-100,113H,15-16,23,29-34,37-39,41-43,85-86H2,1-9H3,(H2,87,103)(H,89,107)(H,90,108)(H,91,106)(H,92,109)(H,93,104)(H,94,110)(H,95,105)(H,96,112)/b24-17-,44-18-/t45-,46+,47-,54-,56+,57+,58-,59+,60+,61+,64+,65-,66+,70+,71+,82+,83+/m1/s1. The quantitative estimate of drug-likeness (QED) is 0.0155. The van der Waals surface area contributed by atoms with E-state index in [-0.39, 0.29) is 96.7 Å². The van der Waals surface area contributed by atoms with Gasteiger partial charge in [0, 0.05) is 92.9 Å². The number of halogens is 1. The molecule has 17 atom stereocenters. The van der Waals surface area contributed by atoms with E-state index in [0.717, 1.165) is 53.6 Å². The number of nitrogens with zero attached hydrogens (tertiary/aromatic N) is 2. The van der Waals surface area contributed by atoms with Crippen LogP contribution in [0.4, 0.5) is 10.5 Å². The van der Waals surface area contributed by atoms with Gasteiger partial charge in [-0.15, -0.1) is 0 Å². The van der Waals surface area contributed by atoms with Crippen LogP contribution in [0.2, 0.25) is 5.02 Å². The highest BCUT2D eigenvalue weighted by atomic mass is 35.5. The summed E-state index contributed by atoms with van der Waals surface area (Å²) >= 11 is 6.89. The van der Waals surface area contributed by atoms with Crippen LogP contribution in [0.25, 0.3) is 10.9 Å². The molecule has 662 valence electrons. The molecular weight excluding hydrogens is 1680 g/mol. The molecule has 5 aromatic rings. The number of phenolic OH excluding ortho intramolecular Hbond substituents is 1. The molecule has 1 aromatic heterocycles. The number of hydrogen-bond acceptors (Lipinski definition) is 26. The summed E-state index contributed by atoms with van der Waals surface area (Å²) in [6.45, 7) is 8.07. The van der Waals surface area contributed by atoms with Crippen molar-refractivity contribution in [2.45, 2.75) is 195 Å². The van der Waals surface area contributed by atoms with Crippen molar-refractivity contribution in [3.63, 3.8) is 0 Å². The number of carbonyl (C=O) groups excluding carboxylic acids is 12. The Hall–Kier alpha value is -9.61. The highest BCUT2D eigenvalue weighted by Gasteiger charge is 2.65. The van der Waals surface area contributed by atoms with Crippen LogP contribution in [0.15, 0.2) is 121 Å². The molecule has 11 amide bonds. The minimum absolute atomic E-state index is 0.0522. The van der Waals surface area contributed by atoms with Crippen molar-refractivity contribution in [2.24, 2.45) is 23.1 Å². The number of aromatic amines is 1. The van der Waals surface area contributed by atoms with E-state index >= 15 is 9.59 Å². The average Bonchev–Trinajstić information content (AvgIpc) is 1.57. The molecule has 3 fully saturated rings. The van der Waals surface area contributed by atoms with Gasteiger partial charge in [0.1, 0.15) is 88.8 Å². The second-order valence-electron chi connectivity index (χ2n) is 30.8. The molecule has 0 unspecified atom stereocenters. The van der Waals surface area contributed by atoms with E-state index in [1.165, 1.54) is 71.3 Å². The van der Waals surface area contributed by atoms with Crippen molar-refractivity contribution in [3.05, 3.63) is 148 Å². The lowest BCUT2D eigenvalue weighted by atomic mass is 9.83. The van der Waals surface area contributed by atoms with Gasteiger partial charge in [0.25, 0.3) is 0 Å². The number of methoxy groups -OCH3 is 2. The molecule has 0 aliphatic carbocycles. The predicted molar refractivity (Wildman–Crippen MR) is 465 cm³/mol. The monoisotopic (exact) mass is 1780 g/mol. The predicted octanol–water partition coefficient (Wildman–Crippen LogP) is 3.31. The normalized spacial score (nSPS) is 26.5. The molecule has 4 aliphatic rings. The van der Waals surface area contributed by atoms with Gasteiger partial charge in [0.2, 0.25) is 59.1 Å². The first-order valence-corrected chi connectivity index (χ1v) is 45.2. The zero-order valence-electron chi connectivity index (χ0n) is 69.2. The summed E-state index contributed by atoms with van der Waals surface area (Å²) in [7, 11) is 9.72.